The molecule has 2 N–H and O–H groups in total. The summed E-state index contributed by atoms with van der Waals surface area (Å²) in [6.07, 6.45) is 5.34. The summed E-state index contributed by atoms with van der Waals surface area (Å²) in [6, 6.07) is 2.29. The highest BCUT2D eigenvalue weighted by molar-refractivity contribution is 5.19. The van der Waals surface area contributed by atoms with Crippen molar-refractivity contribution in [2.75, 3.05) is 13.1 Å². The van der Waals surface area contributed by atoms with E-state index in [-0.39, 0.29) is 0 Å². The zero-order valence-electron chi connectivity index (χ0n) is 8.42. The maximum absolute atomic E-state index is 4.44. The van der Waals surface area contributed by atoms with Crippen molar-refractivity contribution < 1.29 is 0 Å². The predicted octanol–water partition coefficient (Wildman–Crippen LogP) is 1.75. The van der Waals surface area contributed by atoms with Crippen LogP contribution in [0.4, 0.5) is 0 Å². The first-order chi connectivity index (χ1) is 6.93. The number of nitrogens with zero attached hydrogens (tertiary/aromatic N) is 1. The van der Waals surface area contributed by atoms with Crippen molar-refractivity contribution in [2.45, 2.75) is 37.5 Å². The van der Waals surface area contributed by atoms with Crippen LogP contribution in [0.3, 0.4) is 0 Å². The molecule has 2 fully saturated rings. The van der Waals surface area contributed by atoms with E-state index in [2.05, 4.69) is 21.6 Å². The average molecular weight is 191 g/mol. The molecule has 1 atom stereocenters. The van der Waals surface area contributed by atoms with E-state index in [1.807, 2.05) is 0 Å². The minimum Gasteiger partial charge on any atom is -0.316 e. The van der Waals surface area contributed by atoms with Crippen LogP contribution < -0.4 is 5.32 Å². The molecule has 76 valence electrons. The van der Waals surface area contributed by atoms with E-state index in [9.17, 15) is 0 Å². The van der Waals surface area contributed by atoms with Crippen molar-refractivity contribution in [1.82, 2.24) is 15.5 Å². The second kappa shape index (κ2) is 3.39. The van der Waals surface area contributed by atoms with Crippen molar-refractivity contribution in [3.05, 3.63) is 17.5 Å². The monoisotopic (exact) mass is 191 g/mol. The second-order valence-electron chi connectivity index (χ2n) is 4.57. The third-order valence-electron chi connectivity index (χ3n) is 3.64. The van der Waals surface area contributed by atoms with Crippen LogP contribution in [0.5, 0.6) is 0 Å². The summed E-state index contributed by atoms with van der Waals surface area (Å²) in [4.78, 5) is 0. The van der Waals surface area contributed by atoms with E-state index in [4.69, 9.17) is 0 Å². The topological polar surface area (TPSA) is 40.7 Å². The molecule has 14 heavy (non-hydrogen) atoms. The van der Waals surface area contributed by atoms with Gasteiger partial charge in [0.05, 0.1) is 5.69 Å². The van der Waals surface area contributed by atoms with E-state index in [1.165, 1.54) is 37.1 Å². The Morgan fingerprint density at radius 3 is 2.79 bits per heavy atom. The fraction of sp³-hybridized carbons (Fsp3) is 0.727. The molecule has 1 aromatic rings. The van der Waals surface area contributed by atoms with Crippen molar-refractivity contribution >= 4 is 0 Å². The first-order valence-electron chi connectivity index (χ1n) is 5.69. The molecule has 1 saturated heterocycles. The smallest absolute Gasteiger partial charge is 0.0669 e. The van der Waals surface area contributed by atoms with Crippen molar-refractivity contribution in [2.24, 2.45) is 0 Å². The van der Waals surface area contributed by atoms with Crippen LogP contribution in [0.2, 0.25) is 0 Å². The fourth-order valence-electron chi connectivity index (χ4n) is 2.40. The highest BCUT2D eigenvalue weighted by Gasteiger charge is 2.24. The Morgan fingerprint density at radius 1 is 1.21 bits per heavy atom. The number of nitrogens with one attached hydrogen (secondary N) is 2. The molecule has 2 heterocycles. The maximum Gasteiger partial charge on any atom is 0.0669 e. The van der Waals surface area contributed by atoms with Crippen molar-refractivity contribution in [3.63, 3.8) is 0 Å². The molecule has 1 aliphatic carbocycles. The first kappa shape index (κ1) is 8.48. The Bertz CT molecular complexity index is 308. The zero-order chi connectivity index (χ0) is 9.38. The molecule has 1 saturated carbocycles. The molecule has 1 aliphatic heterocycles. The van der Waals surface area contributed by atoms with Crippen LogP contribution in [0.1, 0.15) is 48.9 Å². The third kappa shape index (κ3) is 1.36. The number of aromatic amines is 1. The van der Waals surface area contributed by atoms with Crippen LogP contribution in [0.25, 0.3) is 0 Å². The highest BCUT2D eigenvalue weighted by atomic mass is 15.1. The van der Waals surface area contributed by atoms with Crippen LogP contribution in [-0.2, 0) is 0 Å². The van der Waals surface area contributed by atoms with Gasteiger partial charge in [0.15, 0.2) is 0 Å². The van der Waals surface area contributed by atoms with Crippen LogP contribution >= 0.6 is 0 Å². The van der Waals surface area contributed by atoms with Gasteiger partial charge in [-0.15, -0.1) is 0 Å². The fourth-order valence-corrected chi connectivity index (χ4v) is 2.40. The Hall–Kier alpha value is -0.830. The van der Waals surface area contributed by atoms with Gasteiger partial charge < -0.3 is 5.32 Å². The van der Waals surface area contributed by atoms with Gasteiger partial charge in [0.25, 0.3) is 0 Å². The lowest BCUT2D eigenvalue weighted by atomic mass is 9.83. The first-order valence-corrected chi connectivity index (χ1v) is 5.69. The van der Waals surface area contributed by atoms with E-state index in [0.717, 1.165) is 19.0 Å². The summed E-state index contributed by atoms with van der Waals surface area (Å²) >= 11 is 0. The summed E-state index contributed by atoms with van der Waals surface area (Å²) in [5.41, 5.74) is 2.65. The van der Waals surface area contributed by atoms with Crippen molar-refractivity contribution in [3.8, 4) is 0 Å². The van der Waals surface area contributed by atoms with Gasteiger partial charge in [-0.3, -0.25) is 5.10 Å². The molecule has 0 amide bonds. The molecule has 1 unspecified atom stereocenters. The molecule has 0 aromatic carbocycles. The zero-order valence-corrected chi connectivity index (χ0v) is 8.42. The summed E-state index contributed by atoms with van der Waals surface area (Å²) < 4.78 is 0. The summed E-state index contributed by atoms with van der Waals surface area (Å²) in [5.74, 6) is 1.44. The van der Waals surface area contributed by atoms with Crippen LogP contribution in [-0.4, -0.2) is 23.3 Å². The number of aromatic nitrogens is 2. The summed E-state index contributed by atoms with van der Waals surface area (Å²) in [5, 5.41) is 11.0. The minimum absolute atomic E-state index is 0.653. The van der Waals surface area contributed by atoms with Gasteiger partial charge in [-0.1, -0.05) is 6.42 Å². The van der Waals surface area contributed by atoms with Crippen LogP contribution in [0.15, 0.2) is 6.07 Å². The van der Waals surface area contributed by atoms with Gasteiger partial charge in [0.2, 0.25) is 0 Å². The quantitative estimate of drug-likeness (QED) is 0.747. The Labute approximate surface area is 84.3 Å². The largest absolute Gasteiger partial charge is 0.316 e. The molecule has 0 bridgehead atoms. The highest BCUT2D eigenvalue weighted by Crippen LogP contribution is 2.36. The van der Waals surface area contributed by atoms with E-state index in [1.54, 1.807) is 0 Å². The minimum atomic E-state index is 0.653. The number of rotatable bonds is 2. The third-order valence-corrected chi connectivity index (χ3v) is 3.64. The van der Waals surface area contributed by atoms with E-state index < -0.39 is 0 Å². The molecule has 1 aromatic heterocycles. The molecule has 2 aliphatic rings. The second-order valence-corrected chi connectivity index (χ2v) is 4.57. The lowest BCUT2D eigenvalue weighted by Crippen LogP contribution is -2.09. The lowest BCUT2D eigenvalue weighted by molar-refractivity contribution is 0.410. The van der Waals surface area contributed by atoms with Gasteiger partial charge in [-0.2, -0.15) is 5.10 Å². The van der Waals surface area contributed by atoms with E-state index in [0.29, 0.717) is 5.92 Å². The van der Waals surface area contributed by atoms with Crippen molar-refractivity contribution in [1.29, 1.82) is 0 Å². The normalized spacial score (nSPS) is 27.9. The standard InChI is InChI=1S/C11H17N3/c1-2-8(3-1)10-6-11(14-13-10)9-4-5-12-7-9/h6,8-9,12H,1-5,7H2,(H,13,14). The maximum atomic E-state index is 4.44. The Kier molecular flexibility index (Phi) is 2.05. The molecule has 0 radical (unpaired) electrons. The summed E-state index contributed by atoms with van der Waals surface area (Å²) in [6.45, 7) is 2.26. The Morgan fingerprint density at radius 2 is 2.14 bits per heavy atom. The molecular formula is C11H17N3. The average Bonchev–Trinajstić information content (AvgIpc) is 2.65. The lowest BCUT2D eigenvalue weighted by Gasteiger charge is -2.23. The SMILES string of the molecule is c1c(C2CCNC2)n[nH]c1C1CCC1. The van der Waals surface area contributed by atoms with Gasteiger partial charge in [-0.05, 0) is 31.9 Å². The molecule has 3 heteroatoms. The van der Waals surface area contributed by atoms with E-state index >= 15 is 0 Å². The van der Waals surface area contributed by atoms with Gasteiger partial charge in [0.1, 0.15) is 0 Å². The molecular weight excluding hydrogens is 174 g/mol. The predicted molar refractivity (Wildman–Crippen MR) is 55.4 cm³/mol. The molecule has 0 spiro atoms. The summed E-state index contributed by atoms with van der Waals surface area (Å²) in [7, 11) is 0. The molecule has 3 rings (SSSR count). The van der Waals surface area contributed by atoms with Gasteiger partial charge in [-0.25, -0.2) is 0 Å². The van der Waals surface area contributed by atoms with Gasteiger partial charge >= 0.3 is 0 Å². The number of H-pyrrole nitrogens is 1. The van der Waals surface area contributed by atoms with Gasteiger partial charge in [0, 0.05) is 24.1 Å². The molecule has 3 nitrogen and oxygen atoms in total. The Balaban J connectivity index is 1.75. The van der Waals surface area contributed by atoms with Crippen LogP contribution in [0, 0.1) is 0 Å². The number of hydrogen-bond donors (Lipinski definition) is 2. The number of hydrogen-bond acceptors (Lipinski definition) is 2.